The number of ether oxygens (including phenoxy) is 3. The van der Waals surface area contributed by atoms with Crippen molar-refractivity contribution in [1.82, 2.24) is 9.80 Å². The Kier molecular flexibility index (Phi) is 8.12. The van der Waals surface area contributed by atoms with Gasteiger partial charge in [-0.2, -0.15) is 0 Å². The number of morpholine rings is 1. The summed E-state index contributed by atoms with van der Waals surface area (Å²) in [4.78, 5) is 28.4. The molecule has 0 bridgehead atoms. The zero-order chi connectivity index (χ0) is 22.4. The summed E-state index contributed by atoms with van der Waals surface area (Å²) in [6, 6.07) is 7.43. The van der Waals surface area contributed by atoms with Crippen molar-refractivity contribution in [2.24, 2.45) is 0 Å². The van der Waals surface area contributed by atoms with Crippen molar-refractivity contribution in [2.75, 3.05) is 53.6 Å². The zero-order valence-corrected chi connectivity index (χ0v) is 19.0. The second kappa shape index (κ2) is 10.8. The Morgan fingerprint density at radius 3 is 2.65 bits per heavy atom. The average Bonchev–Trinajstić information content (AvgIpc) is 2.79. The van der Waals surface area contributed by atoms with Crippen LogP contribution in [0.2, 0.25) is 5.02 Å². The van der Waals surface area contributed by atoms with Crippen molar-refractivity contribution in [1.29, 1.82) is 0 Å². The summed E-state index contributed by atoms with van der Waals surface area (Å²) in [5, 5.41) is 0.544. The summed E-state index contributed by atoms with van der Waals surface area (Å²) in [5.74, 6) is -0.873. The zero-order valence-electron chi connectivity index (χ0n) is 18.2. The lowest BCUT2D eigenvalue weighted by atomic mass is 9.79. The molecule has 3 rings (SSSR count). The van der Waals surface area contributed by atoms with E-state index in [4.69, 9.17) is 25.8 Å². The number of halogens is 1. The minimum atomic E-state index is -0.461. The summed E-state index contributed by atoms with van der Waals surface area (Å²) < 4.78 is 15.8. The molecule has 2 heterocycles. The summed E-state index contributed by atoms with van der Waals surface area (Å²) >= 11 is 6.56. The molecule has 1 unspecified atom stereocenters. The number of rotatable bonds is 8. The van der Waals surface area contributed by atoms with E-state index in [0.717, 1.165) is 42.2 Å². The standard InChI is InChI=1S/C23H29ClN2O5/c1-16-18(14-31-15-27)21(17-6-4-5-7-19(17)24)22(23(28)29-3)20(25(16)2)8-9-26-10-12-30-13-11-26/h4-7,15,21H,8-14H2,1-3H3. The number of benzene rings is 1. The number of carbonyl (C=O) groups excluding carboxylic acids is 2. The molecule has 0 spiro atoms. The third-order valence-corrected chi connectivity index (χ3v) is 6.36. The van der Waals surface area contributed by atoms with Gasteiger partial charge in [0.2, 0.25) is 0 Å². The van der Waals surface area contributed by atoms with E-state index in [0.29, 0.717) is 36.7 Å². The fourth-order valence-corrected chi connectivity index (χ4v) is 4.49. The fraction of sp³-hybridized carbons (Fsp3) is 0.478. The Bertz CT molecular complexity index is 876. The summed E-state index contributed by atoms with van der Waals surface area (Å²) in [6.07, 6.45) is 0.668. The minimum absolute atomic E-state index is 0.0623. The largest absolute Gasteiger partial charge is 0.466 e. The molecule has 1 fully saturated rings. The molecule has 1 aromatic carbocycles. The number of esters is 1. The molecule has 0 N–H and O–H groups in total. The van der Waals surface area contributed by atoms with Gasteiger partial charge < -0.3 is 19.1 Å². The highest BCUT2D eigenvalue weighted by Crippen LogP contribution is 2.44. The van der Waals surface area contributed by atoms with Gasteiger partial charge in [-0.15, -0.1) is 0 Å². The molecule has 0 aliphatic carbocycles. The van der Waals surface area contributed by atoms with E-state index in [9.17, 15) is 9.59 Å². The third kappa shape index (κ3) is 5.11. The van der Waals surface area contributed by atoms with Gasteiger partial charge in [-0.3, -0.25) is 9.69 Å². The van der Waals surface area contributed by atoms with Gasteiger partial charge in [-0.25, -0.2) is 4.79 Å². The monoisotopic (exact) mass is 448 g/mol. The average molecular weight is 449 g/mol. The van der Waals surface area contributed by atoms with Gasteiger partial charge in [-0.1, -0.05) is 29.8 Å². The van der Waals surface area contributed by atoms with Gasteiger partial charge >= 0.3 is 5.97 Å². The number of hydrogen-bond acceptors (Lipinski definition) is 7. The molecule has 31 heavy (non-hydrogen) atoms. The Morgan fingerprint density at radius 2 is 2.00 bits per heavy atom. The smallest absolute Gasteiger partial charge is 0.336 e. The highest BCUT2D eigenvalue weighted by Gasteiger charge is 2.38. The molecule has 168 valence electrons. The first-order valence-corrected chi connectivity index (χ1v) is 10.7. The quantitative estimate of drug-likeness (QED) is 0.447. The van der Waals surface area contributed by atoms with Crippen LogP contribution in [-0.2, 0) is 23.8 Å². The van der Waals surface area contributed by atoms with E-state index < -0.39 is 11.9 Å². The Labute approximate surface area is 188 Å². The van der Waals surface area contributed by atoms with Crippen molar-refractivity contribution in [2.45, 2.75) is 19.3 Å². The van der Waals surface area contributed by atoms with E-state index >= 15 is 0 Å². The molecule has 0 amide bonds. The van der Waals surface area contributed by atoms with Crippen LogP contribution in [0.4, 0.5) is 0 Å². The number of methoxy groups -OCH3 is 1. The van der Waals surface area contributed by atoms with Crippen LogP contribution in [0.15, 0.2) is 46.8 Å². The van der Waals surface area contributed by atoms with Gasteiger partial charge in [0.25, 0.3) is 6.47 Å². The van der Waals surface area contributed by atoms with Crippen LogP contribution in [-0.4, -0.2) is 75.9 Å². The van der Waals surface area contributed by atoms with Gasteiger partial charge in [0.05, 0.1) is 25.9 Å². The molecule has 1 atom stereocenters. The molecule has 8 heteroatoms. The van der Waals surface area contributed by atoms with E-state index in [1.165, 1.54) is 7.11 Å². The van der Waals surface area contributed by atoms with Crippen molar-refractivity contribution in [3.05, 3.63) is 57.4 Å². The van der Waals surface area contributed by atoms with E-state index in [2.05, 4.69) is 4.90 Å². The first-order chi connectivity index (χ1) is 15.0. The van der Waals surface area contributed by atoms with Crippen LogP contribution in [0.25, 0.3) is 0 Å². The molecule has 0 saturated carbocycles. The Balaban J connectivity index is 2.08. The van der Waals surface area contributed by atoms with Crippen LogP contribution in [0.1, 0.15) is 24.8 Å². The maximum absolute atomic E-state index is 13.1. The van der Waals surface area contributed by atoms with Crippen LogP contribution in [0.5, 0.6) is 0 Å². The Hall–Kier alpha value is -2.35. The lowest BCUT2D eigenvalue weighted by Gasteiger charge is -2.38. The van der Waals surface area contributed by atoms with Crippen LogP contribution in [0.3, 0.4) is 0 Å². The minimum Gasteiger partial charge on any atom is -0.466 e. The van der Waals surface area contributed by atoms with Crippen LogP contribution in [0, 0.1) is 0 Å². The lowest BCUT2D eigenvalue weighted by Crippen LogP contribution is -2.39. The molecule has 2 aliphatic rings. The van der Waals surface area contributed by atoms with Crippen molar-refractivity contribution >= 4 is 24.0 Å². The number of hydrogen-bond donors (Lipinski definition) is 0. The lowest BCUT2D eigenvalue weighted by molar-refractivity contribution is -0.136. The molecule has 2 aliphatic heterocycles. The van der Waals surface area contributed by atoms with E-state index in [1.54, 1.807) is 6.07 Å². The van der Waals surface area contributed by atoms with Gasteiger partial charge in [0, 0.05) is 55.4 Å². The van der Waals surface area contributed by atoms with Gasteiger partial charge in [-0.05, 0) is 24.1 Å². The van der Waals surface area contributed by atoms with Crippen molar-refractivity contribution < 1.29 is 23.8 Å². The molecule has 0 aromatic heterocycles. The third-order valence-electron chi connectivity index (χ3n) is 6.02. The maximum atomic E-state index is 13.1. The molecule has 1 saturated heterocycles. The van der Waals surface area contributed by atoms with Crippen molar-refractivity contribution in [3.8, 4) is 0 Å². The molecular weight excluding hydrogens is 420 g/mol. The van der Waals surface area contributed by atoms with Crippen LogP contribution < -0.4 is 0 Å². The predicted molar refractivity (Wildman–Crippen MR) is 118 cm³/mol. The summed E-state index contributed by atoms with van der Waals surface area (Å²) in [5.41, 5.74) is 3.93. The second-order valence-electron chi connectivity index (χ2n) is 7.59. The highest BCUT2D eigenvalue weighted by atomic mass is 35.5. The van der Waals surface area contributed by atoms with Gasteiger partial charge in [0.1, 0.15) is 6.61 Å². The van der Waals surface area contributed by atoms with Gasteiger partial charge in [0.15, 0.2) is 0 Å². The highest BCUT2D eigenvalue weighted by molar-refractivity contribution is 6.31. The van der Waals surface area contributed by atoms with E-state index in [-0.39, 0.29) is 6.61 Å². The SMILES string of the molecule is COC(=O)C1=C(CCN2CCOCC2)N(C)C(C)=C(COC=O)C1c1ccccc1Cl. The Morgan fingerprint density at radius 1 is 1.29 bits per heavy atom. The van der Waals surface area contributed by atoms with E-state index in [1.807, 2.05) is 37.1 Å². The molecular formula is C23H29ClN2O5. The first-order valence-electron chi connectivity index (χ1n) is 10.3. The summed E-state index contributed by atoms with van der Waals surface area (Å²) in [6.45, 7) is 6.41. The molecule has 7 nitrogen and oxygen atoms in total. The second-order valence-corrected chi connectivity index (χ2v) is 7.99. The topological polar surface area (TPSA) is 68.3 Å². The fourth-order valence-electron chi connectivity index (χ4n) is 4.25. The molecule has 0 radical (unpaired) electrons. The van der Waals surface area contributed by atoms with Crippen LogP contribution >= 0.6 is 11.6 Å². The number of allylic oxidation sites excluding steroid dienone is 1. The maximum Gasteiger partial charge on any atom is 0.336 e. The number of carbonyl (C=O) groups is 2. The molecule has 1 aromatic rings. The predicted octanol–water partition coefficient (Wildman–Crippen LogP) is 2.97. The normalized spacial score (nSPS) is 20.1. The van der Waals surface area contributed by atoms with Crippen molar-refractivity contribution in [3.63, 3.8) is 0 Å². The summed E-state index contributed by atoms with van der Waals surface area (Å²) in [7, 11) is 3.31. The first kappa shape index (κ1) is 23.3. The number of nitrogens with zero attached hydrogens (tertiary/aromatic N) is 2.